The number of esters is 3. The fourth-order valence-corrected chi connectivity index (χ4v) is 7.20. The summed E-state index contributed by atoms with van der Waals surface area (Å²) in [6.07, 6.45) is 58.1. The van der Waals surface area contributed by atoms with Gasteiger partial charge in [-0.3, -0.25) is 14.4 Å². The van der Waals surface area contributed by atoms with Crippen LogP contribution in [-0.2, 0) is 28.6 Å². The highest BCUT2D eigenvalue weighted by Crippen LogP contribution is 2.15. The van der Waals surface area contributed by atoms with Crippen molar-refractivity contribution in [2.24, 2.45) is 0 Å². The Morgan fingerprint density at radius 3 is 1.00 bits per heavy atom. The SMILES string of the molecule is CCCCC/C=C\C/C=C\C/C=C\C/C=C\CCCC(=O)OC[C@@H](COC(=O)CCCCCCCCCCCCCC)OC(=O)CCCCCCCCCCCCCCC. The van der Waals surface area contributed by atoms with E-state index in [1.807, 2.05) is 0 Å². The molecule has 0 aliphatic carbocycles. The predicted molar refractivity (Wildman–Crippen MR) is 256 cm³/mol. The van der Waals surface area contributed by atoms with E-state index in [2.05, 4.69) is 69.4 Å². The highest BCUT2D eigenvalue weighted by atomic mass is 16.6. The van der Waals surface area contributed by atoms with Crippen LogP contribution in [0.15, 0.2) is 48.6 Å². The molecule has 1 atom stereocenters. The number of allylic oxidation sites excluding steroid dienone is 8. The van der Waals surface area contributed by atoms with Crippen molar-refractivity contribution in [1.29, 1.82) is 0 Å². The van der Waals surface area contributed by atoms with Crippen molar-refractivity contribution in [3.05, 3.63) is 48.6 Å². The second-order valence-corrected chi connectivity index (χ2v) is 17.1. The van der Waals surface area contributed by atoms with Gasteiger partial charge in [-0.25, -0.2) is 0 Å². The normalized spacial score (nSPS) is 12.4. The standard InChI is InChI=1S/C54H96O6/c1-4-7-10-13-16-19-22-25-26-27-28-30-32-35-38-41-44-47-53(56)59-50-51(49-58-52(55)46-43-40-37-34-31-24-21-18-15-12-9-6-3)60-54(57)48-45-42-39-36-33-29-23-20-17-14-11-8-5-2/h16,19,25-26,28,30,35,38,51H,4-15,17-18,20-24,27,29,31-34,36-37,39-50H2,1-3H3/b19-16-,26-25-,30-28-,38-35-/t51-/m1/s1. The summed E-state index contributed by atoms with van der Waals surface area (Å²) in [6.45, 7) is 6.57. The smallest absolute Gasteiger partial charge is 0.306 e. The minimum atomic E-state index is -0.789. The van der Waals surface area contributed by atoms with Crippen LogP contribution in [-0.4, -0.2) is 37.2 Å². The lowest BCUT2D eigenvalue weighted by molar-refractivity contribution is -0.167. The highest BCUT2D eigenvalue weighted by molar-refractivity contribution is 5.71. The molecule has 0 saturated carbocycles. The molecule has 0 aliphatic heterocycles. The predicted octanol–water partition coefficient (Wildman–Crippen LogP) is 16.7. The second-order valence-electron chi connectivity index (χ2n) is 17.1. The third-order valence-electron chi connectivity index (χ3n) is 11.1. The number of rotatable bonds is 46. The monoisotopic (exact) mass is 841 g/mol. The van der Waals surface area contributed by atoms with Gasteiger partial charge in [-0.1, -0.05) is 230 Å². The molecular formula is C54H96O6. The maximum absolute atomic E-state index is 12.8. The molecule has 0 amide bonds. The summed E-state index contributed by atoms with van der Waals surface area (Å²) in [7, 11) is 0. The Morgan fingerprint density at radius 1 is 0.333 bits per heavy atom. The molecule has 0 aromatic carbocycles. The highest BCUT2D eigenvalue weighted by Gasteiger charge is 2.19. The van der Waals surface area contributed by atoms with Crippen LogP contribution in [0.2, 0.25) is 0 Å². The van der Waals surface area contributed by atoms with Crippen molar-refractivity contribution in [3.8, 4) is 0 Å². The molecule has 0 unspecified atom stereocenters. The first-order valence-corrected chi connectivity index (χ1v) is 25.6. The van der Waals surface area contributed by atoms with Crippen LogP contribution < -0.4 is 0 Å². The van der Waals surface area contributed by atoms with Crippen molar-refractivity contribution in [2.75, 3.05) is 13.2 Å². The zero-order chi connectivity index (χ0) is 43.7. The van der Waals surface area contributed by atoms with Crippen LogP contribution in [0, 0.1) is 0 Å². The number of hydrogen-bond donors (Lipinski definition) is 0. The first-order valence-electron chi connectivity index (χ1n) is 25.6. The van der Waals surface area contributed by atoms with Gasteiger partial charge in [-0.05, 0) is 57.8 Å². The summed E-state index contributed by atoms with van der Waals surface area (Å²) in [5.74, 6) is -0.937. The van der Waals surface area contributed by atoms with Gasteiger partial charge in [0.15, 0.2) is 6.10 Å². The summed E-state index contributed by atoms with van der Waals surface area (Å²) >= 11 is 0. The summed E-state index contributed by atoms with van der Waals surface area (Å²) < 4.78 is 16.7. The van der Waals surface area contributed by atoms with Crippen LogP contribution in [0.1, 0.15) is 258 Å². The maximum Gasteiger partial charge on any atom is 0.306 e. The fourth-order valence-electron chi connectivity index (χ4n) is 7.20. The lowest BCUT2D eigenvalue weighted by Gasteiger charge is -2.18. The molecule has 6 nitrogen and oxygen atoms in total. The van der Waals surface area contributed by atoms with Gasteiger partial charge in [0.25, 0.3) is 0 Å². The Labute approximate surface area is 371 Å². The summed E-state index contributed by atoms with van der Waals surface area (Å²) in [5.41, 5.74) is 0. The van der Waals surface area contributed by atoms with Crippen LogP contribution >= 0.6 is 0 Å². The molecule has 0 fully saturated rings. The second kappa shape index (κ2) is 49.0. The van der Waals surface area contributed by atoms with Crippen molar-refractivity contribution in [3.63, 3.8) is 0 Å². The molecule has 0 N–H and O–H groups in total. The average molecular weight is 841 g/mol. The van der Waals surface area contributed by atoms with E-state index in [1.165, 1.54) is 148 Å². The van der Waals surface area contributed by atoms with Gasteiger partial charge in [0.1, 0.15) is 13.2 Å². The van der Waals surface area contributed by atoms with Crippen LogP contribution in [0.5, 0.6) is 0 Å². The molecular weight excluding hydrogens is 745 g/mol. The van der Waals surface area contributed by atoms with Crippen molar-refractivity contribution in [2.45, 2.75) is 264 Å². The van der Waals surface area contributed by atoms with Crippen molar-refractivity contribution in [1.82, 2.24) is 0 Å². The van der Waals surface area contributed by atoms with Crippen molar-refractivity contribution >= 4 is 17.9 Å². The molecule has 0 radical (unpaired) electrons. The lowest BCUT2D eigenvalue weighted by atomic mass is 10.0. The van der Waals surface area contributed by atoms with E-state index in [-0.39, 0.29) is 37.5 Å². The first-order chi connectivity index (χ1) is 29.5. The number of hydrogen-bond acceptors (Lipinski definition) is 6. The van der Waals surface area contributed by atoms with Gasteiger partial charge < -0.3 is 14.2 Å². The first kappa shape index (κ1) is 57.4. The Balaban J connectivity index is 4.43. The number of carbonyl (C=O) groups excluding carboxylic acids is 3. The molecule has 0 aromatic heterocycles. The van der Waals surface area contributed by atoms with Crippen molar-refractivity contribution < 1.29 is 28.6 Å². The number of carbonyl (C=O) groups is 3. The van der Waals surface area contributed by atoms with Gasteiger partial charge in [0, 0.05) is 19.3 Å². The Bertz CT molecular complexity index is 1060. The fraction of sp³-hybridized carbons (Fsp3) is 0.796. The average Bonchev–Trinajstić information content (AvgIpc) is 3.24. The van der Waals surface area contributed by atoms with E-state index >= 15 is 0 Å². The van der Waals surface area contributed by atoms with Gasteiger partial charge >= 0.3 is 17.9 Å². The van der Waals surface area contributed by atoms with Crippen LogP contribution in [0.3, 0.4) is 0 Å². The largest absolute Gasteiger partial charge is 0.462 e. The third kappa shape index (κ3) is 46.4. The van der Waals surface area contributed by atoms with Gasteiger partial charge in [0.05, 0.1) is 0 Å². The molecule has 0 rings (SSSR count). The lowest BCUT2D eigenvalue weighted by Crippen LogP contribution is -2.30. The minimum absolute atomic E-state index is 0.0864. The minimum Gasteiger partial charge on any atom is -0.462 e. The van der Waals surface area contributed by atoms with E-state index in [4.69, 9.17) is 14.2 Å². The number of unbranched alkanes of at least 4 members (excludes halogenated alkanes) is 27. The Morgan fingerprint density at radius 2 is 0.617 bits per heavy atom. The summed E-state index contributed by atoms with van der Waals surface area (Å²) in [5, 5.41) is 0. The van der Waals surface area contributed by atoms with Gasteiger partial charge in [-0.2, -0.15) is 0 Å². The molecule has 0 aromatic rings. The zero-order valence-corrected chi connectivity index (χ0v) is 39.7. The van der Waals surface area contributed by atoms with E-state index in [1.54, 1.807) is 0 Å². The van der Waals surface area contributed by atoms with Gasteiger partial charge in [-0.15, -0.1) is 0 Å². The van der Waals surface area contributed by atoms with Crippen LogP contribution in [0.25, 0.3) is 0 Å². The van der Waals surface area contributed by atoms with E-state index in [0.717, 1.165) is 64.2 Å². The third-order valence-corrected chi connectivity index (χ3v) is 11.1. The molecule has 0 spiro atoms. The Hall–Kier alpha value is -2.63. The quantitative estimate of drug-likeness (QED) is 0.0263. The molecule has 60 heavy (non-hydrogen) atoms. The van der Waals surface area contributed by atoms with Gasteiger partial charge in [0.2, 0.25) is 0 Å². The number of ether oxygens (including phenoxy) is 3. The Kier molecular flexibility index (Phi) is 46.9. The van der Waals surface area contributed by atoms with E-state index in [0.29, 0.717) is 19.3 Å². The molecule has 0 aliphatic rings. The molecule has 6 heteroatoms. The topological polar surface area (TPSA) is 78.9 Å². The van der Waals surface area contributed by atoms with Crippen LogP contribution in [0.4, 0.5) is 0 Å². The van der Waals surface area contributed by atoms with E-state index < -0.39 is 6.10 Å². The maximum atomic E-state index is 12.8. The molecule has 0 saturated heterocycles. The van der Waals surface area contributed by atoms with E-state index in [9.17, 15) is 14.4 Å². The molecule has 0 heterocycles. The molecule has 348 valence electrons. The summed E-state index contributed by atoms with van der Waals surface area (Å²) in [6, 6.07) is 0. The summed E-state index contributed by atoms with van der Waals surface area (Å²) in [4.78, 5) is 37.9. The zero-order valence-electron chi connectivity index (χ0n) is 39.7. The molecule has 0 bridgehead atoms.